The average molecular weight is 265 g/mol. The van der Waals surface area contributed by atoms with Crippen molar-refractivity contribution >= 4 is 21.5 Å². The molecule has 3 aromatic rings. The minimum absolute atomic E-state index is 0.473. The molecule has 0 spiro atoms. The molecule has 2 nitrogen and oxygen atoms in total. The van der Waals surface area contributed by atoms with Gasteiger partial charge in [0.15, 0.2) is 0 Å². The number of aliphatic hydroxyl groups excluding tert-OH is 1. The molecule has 102 valence electrons. The van der Waals surface area contributed by atoms with Crippen LogP contribution in [-0.4, -0.2) is 30.6 Å². The van der Waals surface area contributed by atoms with E-state index < -0.39 is 6.10 Å². The molecule has 0 unspecified atom stereocenters. The van der Waals surface area contributed by atoms with E-state index in [1.165, 1.54) is 16.2 Å². The number of aliphatic hydroxyl groups is 1. The Morgan fingerprint density at radius 2 is 1.50 bits per heavy atom. The fourth-order valence-corrected chi connectivity index (χ4v) is 2.80. The van der Waals surface area contributed by atoms with Gasteiger partial charge in [-0.15, -0.1) is 0 Å². The molecule has 0 aliphatic carbocycles. The zero-order valence-electron chi connectivity index (χ0n) is 11.9. The monoisotopic (exact) mass is 265 g/mol. The normalized spacial score (nSPS) is 13.2. The molecule has 0 saturated heterocycles. The van der Waals surface area contributed by atoms with E-state index in [4.69, 9.17) is 0 Å². The summed E-state index contributed by atoms with van der Waals surface area (Å²) in [5.74, 6) is 0. The summed E-state index contributed by atoms with van der Waals surface area (Å²) in [7, 11) is 3.96. The lowest BCUT2D eigenvalue weighted by molar-refractivity contribution is 0.140. The lowest BCUT2D eigenvalue weighted by atomic mass is 9.94. The predicted octanol–water partition coefficient (Wildman–Crippen LogP) is 3.59. The van der Waals surface area contributed by atoms with Crippen LogP contribution in [-0.2, 0) is 0 Å². The Morgan fingerprint density at radius 1 is 0.900 bits per heavy atom. The van der Waals surface area contributed by atoms with Crippen LogP contribution < -0.4 is 0 Å². The largest absolute Gasteiger partial charge is 0.387 e. The highest BCUT2D eigenvalue weighted by atomic mass is 16.3. The lowest BCUT2D eigenvalue weighted by Gasteiger charge is -2.19. The maximum absolute atomic E-state index is 10.5. The zero-order chi connectivity index (χ0) is 14.1. The van der Waals surface area contributed by atoms with Crippen LogP contribution >= 0.6 is 0 Å². The zero-order valence-corrected chi connectivity index (χ0v) is 11.9. The molecule has 0 bridgehead atoms. The van der Waals surface area contributed by atoms with Crippen molar-refractivity contribution in [3.05, 3.63) is 60.2 Å². The third-order valence-electron chi connectivity index (χ3n) is 3.70. The average Bonchev–Trinajstić information content (AvgIpc) is 2.45. The molecule has 2 heteroatoms. The molecule has 0 aliphatic heterocycles. The summed E-state index contributed by atoms with van der Waals surface area (Å²) >= 11 is 0. The van der Waals surface area contributed by atoms with Crippen LogP contribution in [0.15, 0.2) is 54.6 Å². The first-order valence-electron chi connectivity index (χ1n) is 6.90. The number of hydrogen-bond donors (Lipinski definition) is 1. The van der Waals surface area contributed by atoms with Gasteiger partial charge in [-0.1, -0.05) is 48.5 Å². The molecule has 0 saturated carbocycles. The van der Waals surface area contributed by atoms with Gasteiger partial charge in [-0.2, -0.15) is 0 Å². The van der Waals surface area contributed by atoms with Gasteiger partial charge in [0, 0.05) is 6.54 Å². The van der Waals surface area contributed by atoms with Crippen molar-refractivity contribution in [1.82, 2.24) is 4.90 Å². The first-order chi connectivity index (χ1) is 9.66. The second kappa shape index (κ2) is 5.23. The summed E-state index contributed by atoms with van der Waals surface area (Å²) in [4.78, 5) is 2.01. The molecule has 0 radical (unpaired) electrons. The third-order valence-corrected chi connectivity index (χ3v) is 3.70. The smallest absolute Gasteiger partial charge is 0.0922 e. The van der Waals surface area contributed by atoms with E-state index in [0.29, 0.717) is 6.54 Å². The number of rotatable bonds is 3. The predicted molar refractivity (Wildman–Crippen MR) is 85.0 cm³/mol. The fraction of sp³-hybridized carbons (Fsp3) is 0.222. The van der Waals surface area contributed by atoms with Crippen molar-refractivity contribution in [3.63, 3.8) is 0 Å². The van der Waals surface area contributed by atoms with Gasteiger partial charge in [0.1, 0.15) is 0 Å². The Morgan fingerprint density at radius 3 is 2.20 bits per heavy atom. The molecule has 3 aromatic carbocycles. The molecule has 1 atom stereocenters. The summed E-state index contributed by atoms with van der Waals surface area (Å²) in [6.07, 6.45) is -0.473. The van der Waals surface area contributed by atoms with E-state index in [1.54, 1.807) is 0 Å². The topological polar surface area (TPSA) is 23.5 Å². The Labute approximate surface area is 119 Å². The van der Waals surface area contributed by atoms with E-state index in [0.717, 1.165) is 10.9 Å². The summed E-state index contributed by atoms with van der Waals surface area (Å²) in [6.45, 7) is 0.627. The first kappa shape index (κ1) is 13.1. The van der Waals surface area contributed by atoms with E-state index in [9.17, 15) is 5.11 Å². The number of hydrogen-bond acceptors (Lipinski definition) is 2. The molecule has 3 rings (SSSR count). The van der Waals surface area contributed by atoms with E-state index in [1.807, 2.05) is 31.1 Å². The molecular weight excluding hydrogens is 246 g/mol. The van der Waals surface area contributed by atoms with Crippen LogP contribution in [0, 0.1) is 0 Å². The van der Waals surface area contributed by atoms with Crippen molar-refractivity contribution in [3.8, 4) is 0 Å². The minimum atomic E-state index is -0.473. The maximum atomic E-state index is 10.5. The number of likely N-dealkylation sites (N-methyl/N-ethyl adjacent to an activating group) is 1. The lowest BCUT2D eigenvalue weighted by Crippen LogP contribution is -2.20. The quantitative estimate of drug-likeness (QED) is 0.732. The van der Waals surface area contributed by atoms with Crippen LogP contribution in [0.5, 0.6) is 0 Å². The summed E-state index contributed by atoms with van der Waals surface area (Å²) in [5.41, 5.74) is 1.01. The summed E-state index contributed by atoms with van der Waals surface area (Å²) < 4.78 is 0. The Balaban J connectivity index is 2.29. The molecule has 1 N–H and O–H groups in total. The van der Waals surface area contributed by atoms with Gasteiger partial charge in [-0.05, 0) is 47.3 Å². The summed E-state index contributed by atoms with van der Waals surface area (Å²) in [5, 5.41) is 15.3. The van der Waals surface area contributed by atoms with E-state index in [2.05, 4.69) is 42.5 Å². The minimum Gasteiger partial charge on any atom is -0.387 e. The van der Waals surface area contributed by atoms with Crippen molar-refractivity contribution in [2.24, 2.45) is 0 Å². The van der Waals surface area contributed by atoms with Crippen LogP contribution in [0.1, 0.15) is 11.7 Å². The molecule has 0 aliphatic rings. The van der Waals surface area contributed by atoms with Gasteiger partial charge in [0.25, 0.3) is 0 Å². The van der Waals surface area contributed by atoms with E-state index in [-0.39, 0.29) is 0 Å². The van der Waals surface area contributed by atoms with Gasteiger partial charge < -0.3 is 10.0 Å². The molecule has 0 heterocycles. The van der Waals surface area contributed by atoms with Crippen LogP contribution in [0.4, 0.5) is 0 Å². The molecule has 0 amide bonds. The molecule has 0 aromatic heterocycles. The third kappa shape index (κ3) is 2.28. The van der Waals surface area contributed by atoms with Crippen molar-refractivity contribution in [1.29, 1.82) is 0 Å². The van der Waals surface area contributed by atoms with Crippen molar-refractivity contribution in [2.45, 2.75) is 6.10 Å². The van der Waals surface area contributed by atoms with Gasteiger partial charge >= 0.3 is 0 Å². The van der Waals surface area contributed by atoms with E-state index >= 15 is 0 Å². The maximum Gasteiger partial charge on any atom is 0.0922 e. The van der Waals surface area contributed by atoms with Crippen molar-refractivity contribution in [2.75, 3.05) is 20.6 Å². The highest BCUT2D eigenvalue weighted by molar-refractivity contribution is 6.09. The molecule has 0 fully saturated rings. The Hall–Kier alpha value is -1.90. The van der Waals surface area contributed by atoms with Crippen LogP contribution in [0.25, 0.3) is 21.5 Å². The highest BCUT2D eigenvalue weighted by Gasteiger charge is 2.14. The molecular formula is C18H19NO. The second-order valence-electron chi connectivity index (χ2n) is 5.51. The van der Waals surface area contributed by atoms with Gasteiger partial charge in [-0.3, -0.25) is 0 Å². The first-order valence-corrected chi connectivity index (χ1v) is 6.90. The number of benzene rings is 3. The Kier molecular flexibility index (Phi) is 3.43. The highest BCUT2D eigenvalue weighted by Crippen LogP contribution is 2.32. The van der Waals surface area contributed by atoms with Gasteiger partial charge in [0.2, 0.25) is 0 Å². The van der Waals surface area contributed by atoms with Gasteiger partial charge in [0.05, 0.1) is 6.10 Å². The number of nitrogens with zero attached hydrogens (tertiary/aromatic N) is 1. The Bertz CT molecular complexity index is 749. The number of fused-ring (bicyclic) bond motifs is 3. The molecule has 20 heavy (non-hydrogen) atoms. The standard InChI is InChI=1S/C18H19NO/c1-19(2)12-18(20)17-11-13-7-3-4-8-14(13)15-9-5-6-10-16(15)17/h3-11,18,20H,12H2,1-2H3/t18-/m1/s1. The van der Waals surface area contributed by atoms with Crippen LogP contribution in [0.3, 0.4) is 0 Å². The summed E-state index contributed by atoms with van der Waals surface area (Å²) in [6, 6.07) is 18.8. The second-order valence-corrected chi connectivity index (χ2v) is 5.51. The van der Waals surface area contributed by atoms with Gasteiger partial charge in [-0.25, -0.2) is 0 Å². The van der Waals surface area contributed by atoms with Crippen LogP contribution in [0.2, 0.25) is 0 Å². The fourth-order valence-electron chi connectivity index (χ4n) is 2.80. The SMILES string of the molecule is CN(C)C[C@@H](O)c1cc2ccccc2c2ccccc12. The van der Waals surface area contributed by atoms with Crippen molar-refractivity contribution < 1.29 is 5.11 Å².